The number of para-hydroxylation sites is 1. The van der Waals surface area contributed by atoms with Crippen LogP contribution in [0.1, 0.15) is 30.5 Å². The lowest BCUT2D eigenvalue weighted by atomic mass is 9.98. The van der Waals surface area contributed by atoms with Crippen LogP contribution in [-0.2, 0) is 6.42 Å². The normalized spacial score (nSPS) is 12.1. The summed E-state index contributed by atoms with van der Waals surface area (Å²) in [6, 6.07) is 14.8. The van der Waals surface area contributed by atoms with Gasteiger partial charge in [-0.25, -0.2) is 4.39 Å². The van der Waals surface area contributed by atoms with E-state index in [9.17, 15) is 4.39 Å². The van der Waals surface area contributed by atoms with Gasteiger partial charge in [0.05, 0.1) is 7.11 Å². The van der Waals surface area contributed by atoms with Crippen molar-refractivity contribution in [2.75, 3.05) is 13.7 Å². The van der Waals surface area contributed by atoms with E-state index in [0.717, 1.165) is 36.3 Å². The smallest absolute Gasteiger partial charge is 0.123 e. The van der Waals surface area contributed by atoms with Crippen LogP contribution in [0.4, 0.5) is 4.39 Å². The van der Waals surface area contributed by atoms with E-state index in [1.807, 2.05) is 24.3 Å². The Hall–Kier alpha value is -1.87. The molecule has 0 aliphatic heterocycles. The maximum absolute atomic E-state index is 13.5. The summed E-state index contributed by atoms with van der Waals surface area (Å²) in [7, 11) is 1.68. The summed E-state index contributed by atoms with van der Waals surface area (Å²) in [6.07, 6.45) is 1.81. The third-order valence-electron chi connectivity index (χ3n) is 3.51. The molecule has 0 spiro atoms. The van der Waals surface area contributed by atoms with Crippen LogP contribution in [0.25, 0.3) is 0 Å². The molecule has 0 aromatic heterocycles. The number of ether oxygens (including phenoxy) is 1. The number of hydrogen-bond acceptors (Lipinski definition) is 2. The third-order valence-corrected chi connectivity index (χ3v) is 3.51. The zero-order valence-electron chi connectivity index (χ0n) is 12.6. The lowest BCUT2D eigenvalue weighted by Gasteiger charge is -2.20. The van der Waals surface area contributed by atoms with E-state index in [1.54, 1.807) is 19.2 Å². The molecular weight excluding hydrogens is 265 g/mol. The molecule has 1 atom stereocenters. The number of benzene rings is 2. The Morgan fingerprint density at radius 1 is 1.14 bits per heavy atom. The Labute approximate surface area is 126 Å². The highest BCUT2D eigenvalue weighted by atomic mass is 19.1. The molecule has 0 saturated heterocycles. The van der Waals surface area contributed by atoms with Crippen molar-refractivity contribution in [2.45, 2.75) is 25.8 Å². The second-order valence-corrected chi connectivity index (χ2v) is 5.08. The van der Waals surface area contributed by atoms with E-state index in [4.69, 9.17) is 4.74 Å². The summed E-state index contributed by atoms with van der Waals surface area (Å²) in [4.78, 5) is 0. The Kier molecular flexibility index (Phi) is 5.76. The molecule has 21 heavy (non-hydrogen) atoms. The van der Waals surface area contributed by atoms with Gasteiger partial charge in [0.15, 0.2) is 0 Å². The number of methoxy groups -OCH3 is 1. The predicted octanol–water partition coefficient (Wildman–Crippen LogP) is 4.12. The Bertz CT molecular complexity index is 571. The molecular formula is C18H22FNO. The molecule has 0 fully saturated rings. The molecule has 0 aliphatic carbocycles. The topological polar surface area (TPSA) is 21.3 Å². The average Bonchev–Trinajstić information content (AvgIpc) is 2.51. The molecule has 112 valence electrons. The van der Waals surface area contributed by atoms with Gasteiger partial charge in [-0.3, -0.25) is 0 Å². The van der Waals surface area contributed by atoms with Crippen LogP contribution in [0.3, 0.4) is 0 Å². The van der Waals surface area contributed by atoms with Crippen molar-refractivity contribution in [1.29, 1.82) is 0 Å². The van der Waals surface area contributed by atoms with Crippen molar-refractivity contribution >= 4 is 0 Å². The Morgan fingerprint density at radius 2 is 1.95 bits per heavy atom. The maximum Gasteiger partial charge on any atom is 0.123 e. The maximum atomic E-state index is 13.5. The first kappa shape index (κ1) is 15.5. The van der Waals surface area contributed by atoms with E-state index in [2.05, 4.69) is 18.3 Å². The van der Waals surface area contributed by atoms with Crippen LogP contribution >= 0.6 is 0 Å². The molecule has 0 amide bonds. The minimum absolute atomic E-state index is 0.0805. The van der Waals surface area contributed by atoms with E-state index in [0.29, 0.717) is 0 Å². The van der Waals surface area contributed by atoms with Gasteiger partial charge in [0.2, 0.25) is 0 Å². The third kappa shape index (κ3) is 4.30. The summed E-state index contributed by atoms with van der Waals surface area (Å²) < 4.78 is 18.9. The second kappa shape index (κ2) is 7.79. The van der Waals surface area contributed by atoms with Crippen LogP contribution in [0.2, 0.25) is 0 Å². The molecule has 2 rings (SSSR count). The summed E-state index contributed by atoms with van der Waals surface area (Å²) in [5.41, 5.74) is 2.09. The summed E-state index contributed by atoms with van der Waals surface area (Å²) in [5, 5.41) is 3.49. The van der Waals surface area contributed by atoms with Crippen LogP contribution < -0.4 is 10.1 Å². The van der Waals surface area contributed by atoms with Gasteiger partial charge in [0.25, 0.3) is 0 Å². The highest BCUT2D eigenvalue weighted by Crippen LogP contribution is 2.25. The molecule has 2 aromatic rings. The van der Waals surface area contributed by atoms with Crippen LogP contribution in [0, 0.1) is 5.82 Å². The number of nitrogens with one attached hydrogen (secondary N) is 1. The second-order valence-electron chi connectivity index (χ2n) is 5.08. The number of hydrogen-bond donors (Lipinski definition) is 1. The SMILES string of the molecule is CCCNC(Cc1ccccc1OC)c1cccc(F)c1. The number of rotatable bonds is 7. The van der Waals surface area contributed by atoms with Crippen LogP contribution in [-0.4, -0.2) is 13.7 Å². The van der Waals surface area contributed by atoms with Crippen molar-refractivity contribution in [3.8, 4) is 5.75 Å². The quantitative estimate of drug-likeness (QED) is 0.827. The van der Waals surface area contributed by atoms with E-state index >= 15 is 0 Å². The molecule has 1 N–H and O–H groups in total. The van der Waals surface area contributed by atoms with E-state index in [1.165, 1.54) is 6.07 Å². The molecule has 0 saturated carbocycles. The van der Waals surface area contributed by atoms with Crippen molar-refractivity contribution < 1.29 is 9.13 Å². The Morgan fingerprint density at radius 3 is 2.67 bits per heavy atom. The summed E-state index contributed by atoms with van der Waals surface area (Å²) in [5.74, 6) is 0.674. The standard InChI is InChI=1S/C18H22FNO/c1-3-11-20-17(14-8-6-9-16(19)12-14)13-15-7-4-5-10-18(15)21-2/h4-10,12,17,20H,3,11,13H2,1-2H3. The molecule has 0 bridgehead atoms. The first-order chi connectivity index (χ1) is 10.2. The van der Waals surface area contributed by atoms with Crippen molar-refractivity contribution in [3.63, 3.8) is 0 Å². The first-order valence-electron chi connectivity index (χ1n) is 7.35. The van der Waals surface area contributed by atoms with Gasteiger partial charge in [-0.05, 0) is 48.7 Å². The highest BCUT2D eigenvalue weighted by Gasteiger charge is 2.14. The zero-order chi connectivity index (χ0) is 15.1. The Balaban J connectivity index is 2.24. The van der Waals surface area contributed by atoms with Crippen molar-refractivity contribution in [2.24, 2.45) is 0 Å². The molecule has 0 radical (unpaired) electrons. The molecule has 2 nitrogen and oxygen atoms in total. The van der Waals surface area contributed by atoms with Gasteiger partial charge in [-0.2, -0.15) is 0 Å². The van der Waals surface area contributed by atoms with Crippen LogP contribution in [0.15, 0.2) is 48.5 Å². The fourth-order valence-corrected chi connectivity index (χ4v) is 2.44. The summed E-state index contributed by atoms with van der Waals surface area (Å²) >= 11 is 0. The van der Waals surface area contributed by atoms with Gasteiger partial charge < -0.3 is 10.1 Å². The number of halogens is 1. The first-order valence-corrected chi connectivity index (χ1v) is 7.35. The lowest BCUT2D eigenvalue weighted by Crippen LogP contribution is -2.24. The van der Waals surface area contributed by atoms with Gasteiger partial charge in [-0.1, -0.05) is 37.3 Å². The molecule has 3 heteroatoms. The molecule has 0 heterocycles. The van der Waals surface area contributed by atoms with Gasteiger partial charge in [-0.15, -0.1) is 0 Å². The predicted molar refractivity (Wildman–Crippen MR) is 84.1 cm³/mol. The minimum atomic E-state index is -0.198. The molecule has 2 aromatic carbocycles. The van der Waals surface area contributed by atoms with Crippen LogP contribution in [0.5, 0.6) is 5.75 Å². The van der Waals surface area contributed by atoms with Crippen molar-refractivity contribution in [1.82, 2.24) is 5.32 Å². The lowest BCUT2D eigenvalue weighted by molar-refractivity contribution is 0.405. The summed E-state index contributed by atoms with van der Waals surface area (Å²) in [6.45, 7) is 3.02. The zero-order valence-corrected chi connectivity index (χ0v) is 12.6. The van der Waals surface area contributed by atoms with E-state index < -0.39 is 0 Å². The fraction of sp³-hybridized carbons (Fsp3) is 0.333. The van der Waals surface area contributed by atoms with Crippen molar-refractivity contribution in [3.05, 3.63) is 65.5 Å². The largest absolute Gasteiger partial charge is 0.496 e. The van der Waals surface area contributed by atoms with E-state index in [-0.39, 0.29) is 11.9 Å². The highest BCUT2D eigenvalue weighted by molar-refractivity contribution is 5.35. The molecule has 0 aliphatic rings. The van der Waals surface area contributed by atoms with Gasteiger partial charge in [0.1, 0.15) is 11.6 Å². The fourth-order valence-electron chi connectivity index (χ4n) is 2.44. The van der Waals surface area contributed by atoms with Gasteiger partial charge >= 0.3 is 0 Å². The van der Waals surface area contributed by atoms with Gasteiger partial charge in [0, 0.05) is 6.04 Å². The monoisotopic (exact) mass is 287 g/mol. The molecule has 1 unspecified atom stereocenters. The minimum Gasteiger partial charge on any atom is -0.496 e. The average molecular weight is 287 g/mol.